The minimum absolute atomic E-state index is 0.0495. The lowest BCUT2D eigenvalue weighted by Gasteiger charge is -2.27. The number of carbonyl (C=O) groups is 2. The molecule has 0 aliphatic rings. The number of aliphatic hydroxyl groups is 4. The van der Waals surface area contributed by atoms with Crippen molar-refractivity contribution >= 4 is 33.8 Å². The number of hydrogen-bond acceptors (Lipinski definition) is 10. The van der Waals surface area contributed by atoms with E-state index < -0.39 is 24.4 Å². The van der Waals surface area contributed by atoms with Crippen molar-refractivity contribution in [3.8, 4) is 0 Å². The van der Waals surface area contributed by atoms with Gasteiger partial charge in [-0.05, 0) is 49.9 Å². The van der Waals surface area contributed by atoms with E-state index in [0.29, 0.717) is 61.9 Å². The first kappa shape index (κ1) is 59.0. The molecule has 0 aliphatic carbocycles. The smallest absolute Gasteiger partial charge is 0.219 e. The van der Waals surface area contributed by atoms with Crippen LogP contribution in [0.2, 0.25) is 0 Å². The Balaban J connectivity index is 2.69. The number of nitrogens with zero attached hydrogens (tertiary/aromatic N) is 2. The Morgan fingerprint density at radius 2 is 0.629 bits per heavy atom. The Hall–Kier alpha value is -0.980. The van der Waals surface area contributed by atoms with Gasteiger partial charge in [-0.25, -0.2) is 0 Å². The highest BCUT2D eigenvalue weighted by atomic mass is 32.2. The summed E-state index contributed by atoms with van der Waals surface area (Å²) in [7, 11) is 0. The van der Waals surface area contributed by atoms with E-state index in [1.54, 1.807) is 24.3 Å². The molecule has 0 saturated carbocycles. The molecule has 10 heteroatoms. The molecule has 0 radical (unpaired) electrons. The SMILES string of the molecule is CCCCCCCCC(O)CN(CCSC(=O)c1ccc(C(=O)SCCN(CC(O)CCCCCCCC)CC(O)CCCCCCCC)cc1)CC(O)CCCCCCCC. The highest BCUT2D eigenvalue weighted by Gasteiger charge is 2.19. The van der Waals surface area contributed by atoms with Crippen molar-refractivity contribution in [2.24, 2.45) is 0 Å². The quantitative estimate of drug-likeness (QED) is 0.0471. The molecule has 0 spiro atoms. The summed E-state index contributed by atoms with van der Waals surface area (Å²) in [6.45, 7) is 12.1. The third-order valence-corrected chi connectivity index (χ3v) is 13.8. The van der Waals surface area contributed by atoms with Crippen LogP contribution in [-0.2, 0) is 0 Å². The van der Waals surface area contributed by atoms with Gasteiger partial charge in [-0.15, -0.1) is 0 Å². The van der Waals surface area contributed by atoms with E-state index in [9.17, 15) is 30.0 Å². The van der Waals surface area contributed by atoms with Gasteiger partial charge in [0.2, 0.25) is 10.2 Å². The molecule has 8 nitrogen and oxygen atoms in total. The minimum atomic E-state index is -0.447. The number of rotatable bonds is 44. The molecule has 1 aromatic rings. The van der Waals surface area contributed by atoms with Gasteiger partial charge in [-0.1, -0.05) is 205 Å². The number of benzene rings is 1. The summed E-state index contributed by atoms with van der Waals surface area (Å²) >= 11 is 2.50. The number of thioether (sulfide) groups is 2. The van der Waals surface area contributed by atoms with Crippen molar-refractivity contribution in [3.05, 3.63) is 35.4 Å². The first-order valence-electron chi connectivity index (χ1n) is 25.7. The summed E-state index contributed by atoms with van der Waals surface area (Å²) in [4.78, 5) is 30.7. The molecule has 1 rings (SSSR count). The summed E-state index contributed by atoms with van der Waals surface area (Å²) in [5.41, 5.74) is 1.11. The van der Waals surface area contributed by atoms with Gasteiger partial charge in [-0.3, -0.25) is 19.4 Å². The maximum Gasteiger partial charge on any atom is 0.219 e. The summed E-state index contributed by atoms with van der Waals surface area (Å²) in [5.74, 6) is 1.11. The third kappa shape index (κ3) is 33.5. The van der Waals surface area contributed by atoms with E-state index in [2.05, 4.69) is 37.5 Å². The lowest BCUT2D eigenvalue weighted by molar-refractivity contribution is 0.0634. The zero-order valence-electron chi connectivity index (χ0n) is 40.4. The van der Waals surface area contributed by atoms with Gasteiger partial charge >= 0.3 is 0 Å². The summed E-state index contributed by atoms with van der Waals surface area (Å²) in [6, 6.07) is 6.94. The van der Waals surface area contributed by atoms with Gasteiger partial charge in [0, 0.05) is 61.9 Å². The highest BCUT2D eigenvalue weighted by molar-refractivity contribution is 8.14. The fourth-order valence-electron chi connectivity index (χ4n) is 8.16. The maximum absolute atomic E-state index is 13.2. The summed E-state index contributed by atoms with van der Waals surface area (Å²) in [6.07, 6.45) is 29.7. The molecule has 0 fully saturated rings. The first-order valence-corrected chi connectivity index (χ1v) is 27.7. The second-order valence-electron chi connectivity index (χ2n) is 18.2. The van der Waals surface area contributed by atoms with Crippen LogP contribution in [-0.4, -0.2) is 116 Å². The molecule has 4 N–H and O–H groups in total. The Kier molecular flexibility index (Phi) is 39.5. The van der Waals surface area contributed by atoms with Crippen LogP contribution in [0.3, 0.4) is 0 Å². The van der Waals surface area contributed by atoms with Gasteiger partial charge in [-0.2, -0.15) is 0 Å². The summed E-state index contributed by atoms with van der Waals surface area (Å²) in [5, 5.41) is 43.5. The van der Waals surface area contributed by atoms with Gasteiger partial charge < -0.3 is 20.4 Å². The van der Waals surface area contributed by atoms with Crippen LogP contribution >= 0.6 is 23.5 Å². The van der Waals surface area contributed by atoms with Crippen molar-refractivity contribution in [1.82, 2.24) is 9.80 Å². The maximum atomic E-state index is 13.2. The zero-order chi connectivity index (χ0) is 45.5. The van der Waals surface area contributed by atoms with Crippen LogP contribution in [0.5, 0.6) is 0 Å². The second kappa shape index (κ2) is 41.5. The molecule has 362 valence electrons. The standard InChI is InChI=1S/C52H96N2O6S2/c1-5-9-13-17-21-25-29-47(55)41-53(42-48(56)30-26-22-18-14-10-6-2)37-39-61-51(59)45-33-35-46(36-34-45)52(60)62-40-38-54(43-49(57)31-27-23-19-15-11-7-3)44-50(58)32-28-24-20-16-12-8-4/h33-36,47-50,55-58H,5-32,37-44H2,1-4H3. The number of carbonyl (C=O) groups excluding carboxylic acids is 2. The molecular formula is C52H96N2O6S2. The molecule has 0 aromatic heterocycles. The van der Waals surface area contributed by atoms with Crippen LogP contribution in [0, 0.1) is 0 Å². The average molecular weight is 909 g/mol. The van der Waals surface area contributed by atoms with Crippen molar-refractivity contribution in [2.75, 3.05) is 50.8 Å². The van der Waals surface area contributed by atoms with Crippen molar-refractivity contribution in [1.29, 1.82) is 0 Å². The van der Waals surface area contributed by atoms with E-state index in [0.717, 1.165) is 77.0 Å². The van der Waals surface area contributed by atoms with Crippen LogP contribution in [0.15, 0.2) is 24.3 Å². The Morgan fingerprint density at radius 3 is 0.871 bits per heavy atom. The van der Waals surface area contributed by atoms with Crippen LogP contribution < -0.4 is 0 Å². The topological polar surface area (TPSA) is 122 Å². The summed E-state index contributed by atoms with van der Waals surface area (Å²) < 4.78 is 0. The lowest BCUT2D eigenvalue weighted by Crippen LogP contribution is -2.39. The van der Waals surface area contributed by atoms with Gasteiger partial charge in [0.05, 0.1) is 24.4 Å². The van der Waals surface area contributed by atoms with Crippen molar-refractivity contribution < 1.29 is 30.0 Å². The molecule has 0 heterocycles. The number of aliphatic hydroxyl groups excluding tert-OH is 4. The molecule has 4 atom stereocenters. The molecule has 0 bridgehead atoms. The molecule has 0 saturated heterocycles. The fourth-order valence-corrected chi connectivity index (χ4v) is 9.83. The molecular weight excluding hydrogens is 813 g/mol. The average Bonchev–Trinajstić information content (AvgIpc) is 3.25. The normalized spacial score (nSPS) is 13.8. The van der Waals surface area contributed by atoms with Gasteiger partial charge in [0.1, 0.15) is 0 Å². The van der Waals surface area contributed by atoms with Crippen molar-refractivity contribution in [3.63, 3.8) is 0 Å². The fraction of sp³-hybridized carbons (Fsp3) is 0.846. The molecule has 0 amide bonds. The first-order chi connectivity index (χ1) is 30.1. The van der Waals surface area contributed by atoms with Gasteiger partial charge in [0.25, 0.3) is 0 Å². The predicted molar refractivity (Wildman–Crippen MR) is 269 cm³/mol. The van der Waals surface area contributed by atoms with Crippen LogP contribution in [0.1, 0.15) is 228 Å². The Morgan fingerprint density at radius 1 is 0.403 bits per heavy atom. The van der Waals surface area contributed by atoms with E-state index in [1.165, 1.54) is 126 Å². The Bertz CT molecular complexity index is 1040. The molecule has 0 aliphatic heterocycles. The van der Waals surface area contributed by atoms with E-state index in [1.807, 2.05) is 0 Å². The van der Waals surface area contributed by atoms with Gasteiger partial charge in [0.15, 0.2) is 0 Å². The van der Waals surface area contributed by atoms with E-state index in [4.69, 9.17) is 0 Å². The second-order valence-corrected chi connectivity index (χ2v) is 20.3. The largest absolute Gasteiger partial charge is 0.392 e. The van der Waals surface area contributed by atoms with Crippen LogP contribution in [0.4, 0.5) is 0 Å². The Labute approximate surface area is 389 Å². The molecule has 62 heavy (non-hydrogen) atoms. The number of unbranched alkanes of at least 4 members (excludes halogenated alkanes) is 20. The molecule has 1 aromatic carbocycles. The third-order valence-electron chi connectivity index (χ3n) is 12.1. The highest BCUT2D eigenvalue weighted by Crippen LogP contribution is 2.20. The lowest BCUT2D eigenvalue weighted by atomic mass is 10.1. The van der Waals surface area contributed by atoms with E-state index in [-0.39, 0.29) is 10.2 Å². The van der Waals surface area contributed by atoms with Crippen LogP contribution in [0.25, 0.3) is 0 Å². The molecule has 4 unspecified atom stereocenters. The predicted octanol–water partition coefficient (Wildman–Crippen LogP) is 12.5. The minimum Gasteiger partial charge on any atom is -0.392 e. The van der Waals surface area contributed by atoms with E-state index >= 15 is 0 Å². The zero-order valence-corrected chi connectivity index (χ0v) is 42.0. The number of hydrogen-bond donors (Lipinski definition) is 4. The monoisotopic (exact) mass is 909 g/mol. The van der Waals surface area contributed by atoms with Crippen molar-refractivity contribution in [2.45, 2.75) is 232 Å².